The van der Waals surface area contributed by atoms with Crippen molar-refractivity contribution in [1.82, 2.24) is 0 Å². The molecule has 0 N–H and O–H groups in total. The summed E-state index contributed by atoms with van der Waals surface area (Å²) in [6, 6.07) is 0. The quantitative estimate of drug-likeness (QED) is 0.495. The van der Waals surface area contributed by atoms with Crippen molar-refractivity contribution < 1.29 is 0 Å². The van der Waals surface area contributed by atoms with Gasteiger partial charge < -0.3 is 0 Å². The largest absolute Gasteiger partial charge is 0.253 e. The Morgan fingerprint density at radius 1 is 0.769 bits per heavy atom. The van der Waals surface area contributed by atoms with Crippen LogP contribution in [0, 0.1) is 0 Å². The molecule has 0 atom stereocenters. The van der Waals surface area contributed by atoms with E-state index in [0.29, 0.717) is 16.7 Å². The van der Waals surface area contributed by atoms with E-state index in [9.17, 15) is 0 Å². The average molecular weight is 298 g/mol. The van der Waals surface area contributed by atoms with Crippen LogP contribution in [0.15, 0.2) is 0 Å². The molecule has 0 aliphatic heterocycles. The molecule has 0 aromatic carbocycles. The second-order valence-electron chi connectivity index (χ2n) is 4.01. The van der Waals surface area contributed by atoms with Gasteiger partial charge in [0, 0.05) is 0 Å². The van der Waals surface area contributed by atoms with Gasteiger partial charge in [0.15, 0.2) is 0 Å². The van der Waals surface area contributed by atoms with Crippen molar-refractivity contribution in [3.05, 3.63) is 0 Å². The van der Waals surface area contributed by atoms with Crippen molar-refractivity contribution in [2.45, 2.75) is 44.4 Å². The molecule has 0 aromatic heterocycles. The fraction of sp³-hybridized carbons (Fsp3) is 1.00. The maximum atomic E-state index is 6.27. The van der Waals surface area contributed by atoms with Gasteiger partial charge in [-0.15, -0.1) is 44.3 Å². The molecule has 0 unspecified atom stereocenters. The van der Waals surface area contributed by atoms with Crippen LogP contribution in [0.4, 0.5) is 0 Å². The van der Waals surface area contributed by atoms with Crippen molar-refractivity contribution in [2.75, 3.05) is 0 Å². The summed E-state index contributed by atoms with van der Waals surface area (Å²) in [5.41, 5.74) is 1.26. The van der Waals surface area contributed by atoms with Crippen LogP contribution < -0.4 is 0 Å². The predicted octanol–water partition coefficient (Wildman–Crippen LogP) is 5.19. The Morgan fingerprint density at radius 2 is 1.00 bits per heavy atom. The normalized spacial score (nSPS) is 14.3. The molecular formula is C7H16Cl4Si2. The molecule has 0 bridgehead atoms. The Labute approximate surface area is 102 Å². The van der Waals surface area contributed by atoms with Crippen molar-refractivity contribution in [3.8, 4) is 0 Å². The van der Waals surface area contributed by atoms with Crippen molar-refractivity contribution in [2.24, 2.45) is 0 Å². The zero-order chi connectivity index (χ0) is 10.9. The predicted molar refractivity (Wildman–Crippen MR) is 69.9 cm³/mol. The van der Waals surface area contributed by atoms with Gasteiger partial charge in [0.05, 0.1) is 0 Å². The second kappa shape index (κ2) is 5.08. The van der Waals surface area contributed by atoms with E-state index < -0.39 is 13.4 Å². The molecule has 0 saturated carbocycles. The first-order valence-electron chi connectivity index (χ1n) is 4.35. The summed E-state index contributed by atoms with van der Waals surface area (Å²) in [4.78, 5) is 0. The summed E-state index contributed by atoms with van der Waals surface area (Å²) in [5.74, 6) is 0. The summed E-state index contributed by atoms with van der Waals surface area (Å²) >= 11 is 25.1. The Morgan fingerprint density at radius 3 is 1.15 bits per heavy atom. The third-order valence-corrected chi connectivity index (χ3v) is 19.4. The third kappa shape index (κ3) is 4.76. The Hall–Kier alpha value is 1.59. The maximum absolute atomic E-state index is 6.27. The molecule has 0 nitrogen and oxygen atoms in total. The van der Waals surface area contributed by atoms with Crippen LogP contribution in [0.25, 0.3) is 0 Å². The lowest BCUT2D eigenvalue weighted by atomic mass is 10.6. The molecule has 13 heavy (non-hydrogen) atoms. The molecule has 0 saturated heterocycles. The van der Waals surface area contributed by atoms with Gasteiger partial charge in [0.2, 0.25) is 0 Å². The molecule has 6 heteroatoms. The smallest absolute Gasteiger partial charge is 0.146 e. The molecule has 0 radical (unpaired) electrons. The maximum Gasteiger partial charge on any atom is 0.253 e. The molecule has 0 aliphatic carbocycles. The summed E-state index contributed by atoms with van der Waals surface area (Å²) in [7, 11) is 0. The first-order chi connectivity index (χ1) is 5.59. The molecular weight excluding hydrogens is 282 g/mol. The van der Waals surface area contributed by atoms with Crippen LogP contribution in [-0.4, -0.2) is 13.4 Å². The fourth-order valence-electron chi connectivity index (χ4n) is 0.722. The highest BCUT2D eigenvalue weighted by molar-refractivity contribution is 7.57. The zero-order valence-corrected chi connectivity index (χ0v) is 13.4. The summed E-state index contributed by atoms with van der Waals surface area (Å²) in [6.45, 7) is 3.66. The fourth-order valence-corrected chi connectivity index (χ4v) is 16.6. The Kier molecular flexibility index (Phi) is 5.71. The highest BCUT2D eigenvalue weighted by Crippen LogP contribution is 2.43. The number of hydrogen-bond donors (Lipinski definition) is 0. The van der Waals surface area contributed by atoms with Gasteiger partial charge in [-0.25, -0.2) is 0 Å². The lowest BCUT2D eigenvalue weighted by molar-refractivity contribution is 1.02. The van der Waals surface area contributed by atoms with Crippen molar-refractivity contribution >= 4 is 57.7 Å². The van der Waals surface area contributed by atoms with E-state index in [1.807, 2.05) is 27.7 Å². The number of rotatable bonds is 4. The van der Waals surface area contributed by atoms with E-state index in [2.05, 4.69) is 0 Å². The molecule has 0 amide bonds. The minimum Gasteiger partial charge on any atom is -0.146 e. The molecule has 0 rings (SSSR count). The van der Waals surface area contributed by atoms with Gasteiger partial charge in [0.25, 0.3) is 13.4 Å². The van der Waals surface area contributed by atoms with E-state index in [1.54, 1.807) is 0 Å². The van der Waals surface area contributed by atoms with Crippen molar-refractivity contribution in [1.29, 1.82) is 0 Å². The zero-order valence-electron chi connectivity index (χ0n) is 8.37. The highest BCUT2D eigenvalue weighted by Gasteiger charge is 2.45. The minimum absolute atomic E-state index is 0.305. The first kappa shape index (κ1) is 14.6. The van der Waals surface area contributed by atoms with Gasteiger partial charge in [-0.3, -0.25) is 0 Å². The molecule has 80 valence electrons. The standard InChI is InChI=1S/C7H16Cl4Si2/c1-6(2)12(8,9)5-13(10,11)7(3)4/h6-7H,5H2,1-4H3. The van der Waals surface area contributed by atoms with E-state index in [4.69, 9.17) is 44.3 Å². The topological polar surface area (TPSA) is 0 Å². The Balaban J connectivity index is 4.42. The minimum atomic E-state index is -2.24. The second-order valence-corrected chi connectivity index (χ2v) is 20.0. The average Bonchev–Trinajstić information content (AvgIpc) is 1.83. The van der Waals surface area contributed by atoms with Crippen LogP contribution in [0.3, 0.4) is 0 Å². The van der Waals surface area contributed by atoms with Crippen LogP contribution >= 0.6 is 44.3 Å². The molecule has 0 aliphatic rings. The van der Waals surface area contributed by atoms with Gasteiger partial charge in [0.1, 0.15) is 0 Å². The number of halogens is 4. The molecule has 0 aromatic rings. The molecule has 0 fully saturated rings. The van der Waals surface area contributed by atoms with E-state index in [1.165, 1.54) is 0 Å². The van der Waals surface area contributed by atoms with Crippen molar-refractivity contribution in [3.63, 3.8) is 0 Å². The van der Waals surface area contributed by atoms with Crippen LogP contribution in [-0.2, 0) is 0 Å². The monoisotopic (exact) mass is 296 g/mol. The first-order valence-corrected chi connectivity index (χ1v) is 13.0. The van der Waals surface area contributed by atoms with E-state index >= 15 is 0 Å². The van der Waals surface area contributed by atoms with E-state index in [-0.39, 0.29) is 0 Å². The summed E-state index contributed by atoms with van der Waals surface area (Å²) < 4.78 is 0. The van der Waals surface area contributed by atoms with Gasteiger partial charge in [-0.2, -0.15) is 0 Å². The van der Waals surface area contributed by atoms with Crippen LogP contribution in [0.2, 0.25) is 16.7 Å². The van der Waals surface area contributed by atoms with Gasteiger partial charge >= 0.3 is 0 Å². The van der Waals surface area contributed by atoms with Crippen LogP contribution in [0.1, 0.15) is 27.7 Å². The third-order valence-electron chi connectivity index (χ3n) is 2.16. The molecule has 0 spiro atoms. The van der Waals surface area contributed by atoms with Gasteiger partial charge in [-0.05, 0) is 16.7 Å². The lowest BCUT2D eigenvalue weighted by Crippen LogP contribution is -2.37. The summed E-state index contributed by atoms with van der Waals surface area (Å²) in [5, 5.41) is 0. The highest BCUT2D eigenvalue weighted by atomic mass is 35.7. The van der Waals surface area contributed by atoms with Crippen LogP contribution in [0.5, 0.6) is 0 Å². The van der Waals surface area contributed by atoms with E-state index in [0.717, 1.165) is 0 Å². The Bertz CT molecular complexity index is 150. The van der Waals surface area contributed by atoms with Gasteiger partial charge in [-0.1, -0.05) is 27.7 Å². The summed E-state index contributed by atoms with van der Waals surface area (Å²) in [6.07, 6.45) is 0. The number of hydrogen-bond acceptors (Lipinski definition) is 0. The lowest BCUT2D eigenvalue weighted by Gasteiger charge is -2.29. The molecule has 0 heterocycles. The SMILES string of the molecule is CC(C)[Si](Cl)(Cl)C[Si](Cl)(Cl)C(C)C.